The molecule has 0 bridgehead atoms. The van der Waals surface area contributed by atoms with E-state index >= 15 is 0 Å². The number of hydrogen-bond donors (Lipinski definition) is 1. The lowest BCUT2D eigenvalue weighted by molar-refractivity contribution is 0.0522. The van der Waals surface area contributed by atoms with Crippen LogP contribution in [0.4, 0.5) is 5.69 Å². The summed E-state index contributed by atoms with van der Waals surface area (Å²) in [5, 5.41) is 0. The molecule has 0 heterocycles. The van der Waals surface area contributed by atoms with Crippen LogP contribution in [0.15, 0.2) is 6.07 Å². The van der Waals surface area contributed by atoms with E-state index in [0.717, 1.165) is 0 Å². The molecule has 1 aromatic carbocycles. The second-order valence-corrected chi connectivity index (χ2v) is 3.87. The summed E-state index contributed by atoms with van der Waals surface area (Å²) in [5.41, 5.74) is 7.94. The van der Waals surface area contributed by atoms with Gasteiger partial charge in [0.05, 0.1) is 24.8 Å². The zero-order chi connectivity index (χ0) is 13.9. The molecule has 0 amide bonds. The van der Waals surface area contributed by atoms with Gasteiger partial charge in [0.1, 0.15) is 0 Å². The lowest BCUT2D eigenvalue weighted by Gasteiger charge is -2.14. The van der Waals surface area contributed by atoms with Gasteiger partial charge in [-0.3, -0.25) is 0 Å². The molecular weight excluding hydrogens is 234 g/mol. The highest BCUT2D eigenvalue weighted by atomic mass is 16.5. The van der Waals surface area contributed by atoms with E-state index in [4.69, 9.17) is 10.5 Å². The molecule has 0 atom stereocenters. The molecule has 0 aromatic heterocycles. The maximum atomic E-state index is 11.8. The van der Waals surface area contributed by atoms with Crippen molar-refractivity contribution in [1.82, 2.24) is 0 Å². The molecule has 1 rings (SSSR count). The second-order valence-electron chi connectivity index (χ2n) is 3.87. The van der Waals surface area contributed by atoms with Gasteiger partial charge in [-0.15, -0.1) is 0 Å². The van der Waals surface area contributed by atoms with E-state index in [9.17, 15) is 9.59 Å². The van der Waals surface area contributed by atoms with E-state index in [-0.39, 0.29) is 17.9 Å². The van der Waals surface area contributed by atoms with Crippen LogP contribution in [0.2, 0.25) is 0 Å². The van der Waals surface area contributed by atoms with Gasteiger partial charge in [0.2, 0.25) is 0 Å². The summed E-state index contributed by atoms with van der Waals surface area (Å²) >= 11 is 0. The minimum absolute atomic E-state index is 0.246. The smallest absolute Gasteiger partial charge is 0.339 e. The first-order valence-electron chi connectivity index (χ1n) is 5.59. The average molecular weight is 251 g/mol. The summed E-state index contributed by atoms with van der Waals surface area (Å²) in [6.07, 6.45) is 0. The number of carbonyl (C=O) groups excluding carboxylic acids is 2. The van der Waals surface area contributed by atoms with Crippen molar-refractivity contribution < 1.29 is 19.1 Å². The van der Waals surface area contributed by atoms with Gasteiger partial charge in [0.25, 0.3) is 0 Å². The Morgan fingerprint density at radius 1 is 1.28 bits per heavy atom. The third-order valence-electron chi connectivity index (χ3n) is 2.71. The molecule has 0 saturated heterocycles. The third kappa shape index (κ3) is 2.45. The van der Waals surface area contributed by atoms with Crippen molar-refractivity contribution in [2.75, 3.05) is 19.5 Å². The summed E-state index contributed by atoms with van der Waals surface area (Å²) in [6.45, 7) is 5.43. The van der Waals surface area contributed by atoms with Crippen LogP contribution in [0.3, 0.4) is 0 Å². The normalized spacial score (nSPS) is 10.0. The molecule has 2 N–H and O–H groups in total. The summed E-state index contributed by atoms with van der Waals surface area (Å²) in [4.78, 5) is 23.3. The van der Waals surface area contributed by atoms with Crippen LogP contribution in [0, 0.1) is 13.8 Å². The number of anilines is 1. The Bertz CT molecular complexity index is 494. The molecule has 0 aliphatic heterocycles. The number of carbonyl (C=O) groups is 2. The fraction of sp³-hybridized carbons (Fsp3) is 0.385. The largest absolute Gasteiger partial charge is 0.465 e. The minimum Gasteiger partial charge on any atom is -0.465 e. The van der Waals surface area contributed by atoms with Crippen molar-refractivity contribution >= 4 is 17.6 Å². The quantitative estimate of drug-likeness (QED) is 0.655. The number of ether oxygens (including phenoxy) is 2. The lowest BCUT2D eigenvalue weighted by atomic mass is 9.97. The van der Waals surface area contributed by atoms with Crippen LogP contribution in [-0.2, 0) is 9.47 Å². The van der Waals surface area contributed by atoms with Crippen LogP contribution in [0.25, 0.3) is 0 Å². The van der Waals surface area contributed by atoms with Gasteiger partial charge in [-0.05, 0) is 38.0 Å². The Kier molecular flexibility index (Phi) is 4.31. The monoisotopic (exact) mass is 251 g/mol. The number of esters is 2. The molecule has 0 spiro atoms. The second kappa shape index (κ2) is 5.53. The first kappa shape index (κ1) is 14.0. The minimum atomic E-state index is -0.519. The highest BCUT2D eigenvalue weighted by Gasteiger charge is 2.21. The van der Waals surface area contributed by atoms with E-state index in [1.165, 1.54) is 7.11 Å². The van der Waals surface area contributed by atoms with Crippen molar-refractivity contribution in [2.45, 2.75) is 20.8 Å². The average Bonchev–Trinajstić information content (AvgIpc) is 2.33. The molecule has 0 fully saturated rings. The summed E-state index contributed by atoms with van der Waals surface area (Å²) in [6, 6.07) is 1.54. The van der Waals surface area contributed by atoms with E-state index in [1.807, 2.05) is 0 Å². The van der Waals surface area contributed by atoms with E-state index in [1.54, 1.807) is 26.8 Å². The fourth-order valence-electron chi connectivity index (χ4n) is 1.80. The lowest BCUT2D eigenvalue weighted by Crippen LogP contribution is -2.14. The maximum absolute atomic E-state index is 11.8. The standard InChI is InChI=1S/C13H17NO4/c1-5-18-13(16)10-7(2)6-9(12(15)17-4)11(14)8(10)3/h6H,5,14H2,1-4H3. The van der Waals surface area contributed by atoms with Crippen LogP contribution in [0.1, 0.15) is 38.8 Å². The number of nitrogens with two attached hydrogens (primary N) is 1. The number of aryl methyl sites for hydroxylation is 1. The maximum Gasteiger partial charge on any atom is 0.339 e. The highest BCUT2D eigenvalue weighted by molar-refractivity contribution is 6.01. The van der Waals surface area contributed by atoms with Crippen LogP contribution < -0.4 is 5.73 Å². The summed E-state index contributed by atoms with van der Waals surface area (Å²) in [7, 11) is 1.28. The first-order chi connectivity index (χ1) is 8.43. The van der Waals surface area contributed by atoms with Gasteiger partial charge in [-0.25, -0.2) is 9.59 Å². The molecular formula is C13H17NO4. The van der Waals surface area contributed by atoms with Gasteiger partial charge in [0.15, 0.2) is 0 Å². The Hall–Kier alpha value is -2.04. The number of rotatable bonds is 3. The Morgan fingerprint density at radius 2 is 1.89 bits per heavy atom. The molecule has 98 valence electrons. The summed E-state index contributed by atoms with van der Waals surface area (Å²) < 4.78 is 9.60. The number of benzene rings is 1. The third-order valence-corrected chi connectivity index (χ3v) is 2.71. The van der Waals surface area contributed by atoms with Gasteiger partial charge < -0.3 is 15.2 Å². The van der Waals surface area contributed by atoms with Crippen molar-refractivity contribution in [3.8, 4) is 0 Å². The van der Waals surface area contributed by atoms with Gasteiger partial charge >= 0.3 is 11.9 Å². The van der Waals surface area contributed by atoms with E-state index in [0.29, 0.717) is 16.7 Å². The molecule has 0 aliphatic rings. The molecule has 0 saturated carbocycles. The van der Waals surface area contributed by atoms with Crippen molar-refractivity contribution in [1.29, 1.82) is 0 Å². The van der Waals surface area contributed by atoms with E-state index < -0.39 is 11.9 Å². The Labute approximate surface area is 106 Å². The molecule has 0 radical (unpaired) electrons. The number of methoxy groups -OCH3 is 1. The molecule has 5 nitrogen and oxygen atoms in total. The fourth-order valence-corrected chi connectivity index (χ4v) is 1.80. The Balaban J connectivity index is 3.38. The molecule has 0 unspecified atom stereocenters. The molecule has 5 heteroatoms. The number of nitrogen functional groups attached to an aromatic ring is 1. The zero-order valence-electron chi connectivity index (χ0n) is 11.0. The first-order valence-corrected chi connectivity index (χ1v) is 5.59. The predicted molar refractivity (Wildman–Crippen MR) is 67.6 cm³/mol. The van der Waals surface area contributed by atoms with Gasteiger partial charge in [-0.2, -0.15) is 0 Å². The van der Waals surface area contributed by atoms with Crippen LogP contribution in [-0.4, -0.2) is 25.7 Å². The molecule has 1 aromatic rings. The van der Waals surface area contributed by atoms with Crippen molar-refractivity contribution in [3.05, 3.63) is 28.3 Å². The predicted octanol–water partition coefficient (Wildman–Crippen LogP) is 1.85. The highest BCUT2D eigenvalue weighted by Crippen LogP contribution is 2.26. The van der Waals surface area contributed by atoms with Crippen LogP contribution in [0.5, 0.6) is 0 Å². The SMILES string of the molecule is CCOC(=O)c1c(C)cc(C(=O)OC)c(N)c1C. The topological polar surface area (TPSA) is 78.6 Å². The van der Waals surface area contributed by atoms with Crippen molar-refractivity contribution in [2.24, 2.45) is 0 Å². The summed E-state index contributed by atoms with van der Waals surface area (Å²) in [5.74, 6) is -0.954. The van der Waals surface area contributed by atoms with E-state index in [2.05, 4.69) is 4.74 Å². The Morgan fingerprint density at radius 3 is 2.39 bits per heavy atom. The zero-order valence-corrected chi connectivity index (χ0v) is 11.0. The van der Waals surface area contributed by atoms with Gasteiger partial charge in [0, 0.05) is 5.69 Å². The number of hydrogen-bond acceptors (Lipinski definition) is 5. The van der Waals surface area contributed by atoms with Crippen molar-refractivity contribution in [3.63, 3.8) is 0 Å². The van der Waals surface area contributed by atoms with Crippen LogP contribution >= 0.6 is 0 Å². The van der Waals surface area contributed by atoms with Gasteiger partial charge in [-0.1, -0.05) is 0 Å². The molecule has 0 aliphatic carbocycles. The molecule has 18 heavy (non-hydrogen) atoms.